The van der Waals surface area contributed by atoms with Crippen LogP contribution in [0.4, 0.5) is 10.1 Å². The number of rotatable bonds is 2. The Kier molecular flexibility index (Phi) is 3.64. The summed E-state index contributed by atoms with van der Waals surface area (Å²) >= 11 is 0. The number of pyridine rings is 1. The van der Waals surface area contributed by atoms with Crippen LogP contribution in [-0.2, 0) is 12.0 Å². The average molecular weight is 336 g/mol. The van der Waals surface area contributed by atoms with Crippen LogP contribution in [0.3, 0.4) is 0 Å². The lowest BCUT2D eigenvalue weighted by atomic mass is 9.63. The molecule has 2 aliphatic rings. The minimum Gasteiger partial charge on any atom is -0.371 e. The molecule has 0 unspecified atom stereocenters. The van der Waals surface area contributed by atoms with Gasteiger partial charge in [0, 0.05) is 28.9 Å². The molecule has 2 aliphatic carbocycles. The number of anilines is 1. The summed E-state index contributed by atoms with van der Waals surface area (Å²) in [5.41, 5.74) is 4.83. The van der Waals surface area contributed by atoms with Crippen LogP contribution in [0.15, 0.2) is 64.5 Å². The molecule has 25 heavy (non-hydrogen) atoms. The molecule has 2 atom stereocenters. The number of nitrogens with one attached hydrogen (secondary N) is 2. The lowest BCUT2D eigenvalue weighted by molar-refractivity contribution is 0.440. The molecule has 2 aromatic rings. The van der Waals surface area contributed by atoms with E-state index in [9.17, 15) is 9.18 Å². The van der Waals surface area contributed by atoms with Gasteiger partial charge in [0.05, 0.1) is 5.54 Å². The second kappa shape index (κ2) is 5.73. The standard InChI is InChI=1S/C21H21FN2O/c1-3-17-14-9-13(2)12-21(17,24-16-6-4-5-15(22)11-16)18-7-8-20(25)23-19(18)10-14/h3-9,11,14,24H,10,12H2,1-2H3,(H,23,25)/b17-3+/t14-,21+/m0/s1. The minimum atomic E-state index is -0.455. The van der Waals surface area contributed by atoms with Gasteiger partial charge in [-0.25, -0.2) is 4.39 Å². The lowest BCUT2D eigenvalue weighted by Crippen LogP contribution is -2.47. The van der Waals surface area contributed by atoms with Crippen molar-refractivity contribution in [3.8, 4) is 0 Å². The van der Waals surface area contributed by atoms with Gasteiger partial charge in [0.2, 0.25) is 5.56 Å². The van der Waals surface area contributed by atoms with Crippen LogP contribution < -0.4 is 10.9 Å². The van der Waals surface area contributed by atoms with E-state index in [0.717, 1.165) is 29.8 Å². The van der Waals surface area contributed by atoms with Crippen molar-refractivity contribution in [1.82, 2.24) is 4.98 Å². The Morgan fingerprint density at radius 2 is 2.16 bits per heavy atom. The predicted molar refractivity (Wildman–Crippen MR) is 98.1 cm³/mol. The van der Waals surface area contributed by atoms with Gasteiger partial charge in [0.25, 0.3) is 0 Å². The molecule has 2 N–H and O–H groups in total. The molecule has 0 aliphatic heterocycles. The van der Waals surface area contributed by atoms with E-state index >= 15 is 0 Å². The lowest BCUT2D eigenvalue weighted by Gasteiger charge is -2.48. The van der Waals surface area contributed by atoms with Gasteiger partial charge < -0.3 is 10.3 Å². The Balaban J connectivity index is 1.94. The fourth-order valence-corrected chi connectivity index (χ4v) is 4.50. The normalized spacial score (nSPS) is 26.1. The van der Waals surface area contributed by atoms with Gasteiger partial charge in [0.1, 0.15) is 5.82 Å². The van der Waals surface area contributed by atoms with Gasteiger partial charge in [-0.3, -0.25) is 4.79 Å². The number of fused-ring (bicyclic) bond motifs is 4. The third-order valence-corrected chi connectivity index (χ3v) is 5.30. The summed E-state index contributed by atoms with van der Waals surface area (Å²) in [5, 5.41) is 3.60. The van der Waals surface area contributed by atoms with E-state index in [1.54, 1.807) is 12.1 Å². The van der Waals surface area contributed by atoms with E-state index in [1.165, 1.54) is 23.3 Å². The number of hydrogen-bond donors (Lipinski definition) is 2. The van der Waals surface area contributed by atoms with Gasteiger partial charge in [0.15, 0.2) is 0 Å². The second-order valence-corrected chi connectivity index (χ2v) is 7.00. The van der Waals surface area contributed by atoms with E-state index < -0.39 is 5.54 Å². The topological polar surface area (TPSA) is 44.9 Å². The summed E-state index contributed by atoms with van der Waals surface area (Å²) in [6.45, 7) is 4.19. The highest BCUT2D eigenvalue weighted by atomic mass is 19.1. The zero-order valence-electron chi connectivity index (χ0n) is 14.4. The summed E-state index contributed by atoms with van der Waals surface area (Å²) in [6, 6.07) is 10.1. The highest BCUT2D eigenvalue weighted by molar-refractivity contribution is 5.58. The predicted octanol–water partition coefficient (Wildman–Crippen LogP) is 4.29. The quantitative estimate of drug-likeness (QED) is 0.804. The van der Waals surface area contributed by atoms with Crippen LogP contribution in [0.5, 0.6) is 0 Å². The Morgan fingerprint density at radius 1 is 1.32 bits per heavy atom. The first kappa shape index (κ1) is 15.9. The van der Waals surface area contributed by atoms with Crippen molar-refractivity contribution in [1.29, 1.82) is 0 Å². The third-order valence-electron chi connectivity index (χ3n) is 5.30. The van der Waals surface area contributed by atoms with Crippen molar-refractivity contribution in [2.24, 2.45) is 5.92 Å². The van der Waals surface area contributed by atoms with Crippen LogP contribution in [0.25, 0.3) is 0 Å². The molecule has 0 radical (unpaired) electrons. The first-order valence-corrected chi connectivity index (χ1v) is 8.62. The van der Waals surface area contributed by atoms with Crippen LogP contribution in [0.2, 0.25) is 0 Å². The molecule has 0 saturated heterocycles. The maximum absolute atomic E-state index is 13.7. The van der Waals surface area contributed by atoms with E-state index in [0.29, 0.717) is 0 Å². The Morgan fingerprint density at radius 3 is 2.92 bits per heavy atom. The zero-order valence-corrected chi connectivity index (χ0v) is 14.4. The van der Waals surface area contributed by atoms with Crippen LogP contribution in [-0.4, -0.2) is 4.98 Å². The molecular weight excluding hydrogens is 315 g/mol. The van der Waals surface area contributed by atoms with E-state index in [4.69, 9.17) is 0 Å². The average Bonchev–Trinajstić information content (AvgIpc) is 2.53. The Hall–Kier alpha value is -2.62. The summed E-state index contributed by atoms with van der Waals surface area (Å²) in [4.78, 5) is 14.8. The molecule has 0 fully saturated rings. The first-order valence-electron chi connectivity index (χ1n) is 8.62. The molecule has 0 spiro atoms. The molecule has 4 heteroatoms. The van der Waals surface area contributed by atoms with Gasteiger partial charge >= 0.3 is 0 Å². The summed E-state index contributed by atoms with van der Waals surface area (Å²) in [7, 11) is 0. The summed E-state index contributed by atoms with van der Waals surface area (Å²) < 4.78 is 13.7. The largest absolute Gasteiger partial charge is 0.371 e. The molecule has 0 amide bonds. The van der Waals surface area contributed by atoms with Crippen molar-refractivity contribution in [2.75, 3.05) is 5.32 Å². The van der Waals surface area contributed by atoms with E-state index in [-0.39, 0.29) is 17.3 Å². The highest BCUT2D eigenvalue weighted by Gasteiger charge is 2.46. The third kappa shape index (κ3) is 2.53. The second-order valence-electron chi connectivity index (χ2n) is 7.00. The number of aromatic nitrogens is 1. The van der Waals surface area contributed by atoms with Gasteiger partial charge in [-0.2, -0.15) is 0 Å². The zero-order chi connectivity index (χ0) is 17.6. The summed E-state index contributed by atoms with van der Waals surface area (Å²) in [6.07, 6.45) is 6.02. The Labute approximate surface area is 146 Å². The van der Waals surface area contributed by atoms with Crippen LogP contribution in [0.1, 0.15) is 31.5 Å². The maximum atomic E-state index is 13.7. The fraction of sp³-hybridized carbons (Fsp3) is 0.286. The molecule has 3 nitrogen and oxygen atoms in total. The first-order chi connectivity index (χ1) is 12.0. The fourth-order valence-electron chi connectivity index (χ4n) is 4.50. The number of aromatic amines is 1. The SMILES string of the molecule is C/C=C1\[C@H]2C=C(C)C[C@]1(Nc1cccc(F)c1)c1ccc(=O)[nH]c1C2. The van der Waals surface area contributed by atoms with Gasteiger partial charge in [-0.05, 0) is 56.5 Å². The number of H-pyrrole nitrogens is 1. The number of hydrogen-bond acceptors (Lipinski definition) is 2. The van der Waals surface area contributed by atoms with Gasteiger partial charge in [-0.15, -0.1) is 0 Å². The molecule has 4 rings (SSSR count). The van der Waals surface area contributed by atoms with Crippen LogP contribution >= 0.6 is 0 Å². The molecule has 128 valence electrons. The monoisotopic (exact) mass is 336 g/mol. The van der Waals surface area contributed by atoms with Crippen LogP contribution in [0, 0.1) is 11.7 Å². The molecular formula is C21H21FN2O. The highest BCUT2D eigenvalue weighted by Crippen LogP contribution is 2.51. The number of benzene rings is 1. The van der Waals surface area contributed by atoms with Crippen molar-refractivity contribution in [3.05, 3.63) is 87.1 Å². The maximum Gasteiger partial charge on any atom is 0.248 e. The number of allylic oxidation sites excluding steroid dienone is 2. The van der Waals surface area contributed by atoms with E-state index in [2.05, 4.69) is 36.3 Å². The Bertz CT molecular complexity index is 956. The van der Waals surface area contributed by atoms with Crippen molar-refractivity contribution in [2.45, 2.75) is 32.2 Å². The molecule has 1 aromatic carbocycles. The smallest absolute Gasteiger partial charge is 0.248 e. The number of halogens is 1. The molecule has 2 bridgehead atoms. The van der Waals surface area contributed by atoms with E-state index in [1.807, 2.05) is 12.1 Å². The molecule has 1 aromatic heterocycles. The molecule has 1 heterocycles. The van der Waals surface area contributed by atoms with Gasteiger partial charge in [-0.1, -0.05) is 23.8 Å². The molecule has 0 saturated carbocycles. The van der Waals surface area contributed by atoms with Crippen molar-refractivity contribution in [3.63, 3.8) is 0 Å². The summed E-state index contributed by atoms with van der Waals surface area (Å²) in [5.74, 6) is -0.0223. The minimum absolute atomic E-state index is 0.0811. The van der Waals surface area contributed by atoms with Crippen molar-refractivity contribution < 1.29 is 4.39 Å². The van der Waals surface area contributed by atoms with Crippen molar-refractivity contribution >= 4 is 5.69 Å².